The van der Waals surface area contributed by atoms with Gasteiger partial charge in [-0.1, -0.05) is 45.4 Å². The monoisotopic (exact) mass is 218 g/mol. The maximum Gasteiger partial charge on any atom is 0.0927 e. The molecule has 1 aliphatic rings. The molecule has 3 heteroatoms. The fourth-order valence-corrected chi connectivity index (χ4v) is 1.71. The highest BCUT2D eigenvalue weighted by atomic mass is 17.1. The Hall–Kier alpha value is -0.120. The van der Waals surface area contributed by atoms with E-state index in [0.29, 0.717) is 6.61 Å². The molecule has 1 fully saturated rings. The van der Waals surface area contributed by atoms with Crippen molar-refractivity contribution in [1.82, 2.24) is 0 Å². The van der Waals surface area contributed by atoms with Gasteiger partial charge in [-0.3, -0.25) is 5.26 Å². The summed E-state index contributed by atoms with van der Waals surface area (Å²) in [6.45, 7) is 2.53. The van der Waals surface area contributed by atoms with E-state index in [4.69, 9.17) is 10.4 Å². The van der Waals surface area contributed by atoms with Gasteiger partial charge in [0.05, 0.1) is 6.10 Å². The SMILES string of the molecule is CCCCCCO.OOC1CCCCC1. The number of unbranched alkanes of at least 4 members (excludes halogenated alkanes) is 3. The molecule has 0 aromatic rings. The summed E-state index contributed by atoms with van der Waals surface area (Å²) in [6.07, 6.45) is 10.6. The molecular weight excluding hydrogens is 192 g/mol. The summed E-state index contributed by atoms with van der Waals surface area (Å²) in [4.78, 5) is 4.19. The Morgan fingerprint density at radius 2 is 1.73 bits per heavy atom. The molecule has 0 aromatic carbocycles. The lowest BCUT2D eigenvalue weighted by molar-refractivity contribution is -0.283. The molecule has 0 spiro atoms. The minimum absolute atomic E-state index is 0.142. The number of rotatable bonds is 5. The summed E-state index contributed by atoms with van der Waals surface area (Å²) in [6, 6.07) is 0. The van der Waals surface area contributed by atoms with E-state index >= 15 is 0 Å². The lowest BCUT2D eigenvalue weighted by Gasteiger charge is -2.17. The predicted octanol–water partition coefficient (Wildman–Crippen LogP) is 3.37. The van der Waals surface area contributed by atoms with Crippen molar-refractivity contribution in [1.29, 1.82) is 0 Å². The first kappa shape index (κ1) is 14.9. The van der Waals surface area contributed by atoms with E-state index in [1.165, 1.54) is 38.5 Å². The summed E-state index contributed by atoms with van der Waals surface area (Å²) < 4.78 is 0. The predicted molar refractivity (Wildman–Crippen MR) is 61.8 cm³/mol. The Kier molecular flexibility index (Phi) is 11.9. The van der Waals surface area contributed by atoms with Gasteiger partial charge in [0.2, 0.25) is 0 Å². The molecule has 1 aliphatic carbocycles. The van der Waals surface area contributed by atoms with Crippen molar-refractivity contribution in [2.24, 2.45) is 0 Å². The van der Waals surface area contributed by atoms with Crippen molar-refractivity contribution in [3.05, 3.63) is 0 Å². The third kappa shape index (κ3) is 10.2. The fraction of sp³-hybridized carbons (Fsp3) is 1.00. The van der Waals surface area contributed by atoms with Crippen molar-refractivity contribution in [2.75, 3.05) is 6.61 Å². The van der Waals surface area contributed by atoms with Gasteiger partial charge in [0.15, 0.2) is 0 Å². The quantitative estimate of drug-likeness (QED) is 0.422. The van der Waals surface area contributed by atoms with Crippen molar-refractivity contribution in [2.45, 2.75) is 70.8 Å². The van der Waals surface area contributed by atoms with Crippen LogP contribution in [0.25, 0.3) is 0 Å². The average molecular weight is 218 g/mol. The van der Waals surface area contributed by atoms with Crippen LogP contribution in [0, 0.1) is 0 Å². The van der Waals surface area contributed by atoms with Gasteiger partial charge in [0.25, 0.3) is 0 Å². The van der Waals surface area contributed by atoms with Crippen molar-refractivity contribution in [3.8, 4) is 0 Å². The van der Waals surface area contributed by atoms with Crippen LogP contribution in [0.3, 0.4) is 0 Å². The summed E-state index contributed by atoms with van der Waals surface area (Å²) in [5.74, 6) is 0. The molecule has 0 atom stereocenters. The highest BCUT2D eigenvalue weighted by Gasteiger charge is 2.12. The third-order valence-electron chi connectivity index (χ3n) is 2.71. The zero-order valence-corrected chi connectivity index (χ0v) is 9.95. The van der Waals surface area contributed by atoms with Gasteiger partial charge >= 0.3 is 0 Å². The molecule has 0 aromatic heterocycles. The number of hydrogen-bond acceptors (Lipinski definition) is 3. The summed E-state index contributed by atoms with van der Waals surface area (Å²) >= 11 is 0. The zero-order valence-electron chi connectivity index (χ0n) is 9.95. The van der Waals surface area contributed by atoms with Crippen molar-refractivity contribution >= 4 is 0 Å². The van der Waals surface area contributed by atoms with Crippen LogP contribution in [0.15, 0.2) is 0 Å². The first-order valence-electron chi connectivity index (χ1n) is 6.26. The van der Waals surface area contributed by atoms with E-state index in [2.05, 4.69) is 11.8 Å². The van der Waals surface area contributed by atoms with Crippen molar-refractivity contribution < 1.29 is 15.3 Å². The lowest BCUT2D eigenvalue weighted by atomic mass is 9.98. The van der Waals surface area contributed by atoms with Gasteiger partial charge in [0.1, 0.15) is 0 Å². The molecule has 3 nitrogen and oxygen atoms in total. The molecule has 0 bridgehead atoms. The normalized spacial score (nSPS) is 17.0. The van der Waals surface area contributed by atoms with Gasteiger partial charge in [-0.25, -0.2) is 4.89 Å². The maximum absolute atomic E-state index is 8.29. The Labute approximate surface area is 93.4 Å². The third-order valence-corrected chi connectivity index (χ3v) is 2.71. The van der Waals surface area contributed by atoms with Crippen LogP contribution in [0.4, 0.5) is 0 Å². The summed E-state index contributed by atoms with van der Waals surface area (Å²) in [5, 5.41) is 16.5. The van der Waals surface area contributed by atoms with Gasteiger partial charge < -0.3 is 5.11 Å². The standard InChI is InChI=1S/C6H12O2.C6H14O/c7-8-6-4-2-1-3-5-6;1-2-3-4-5-6-7/h6-7H,1-5H2;7H,2-6H2,1H3. The fourth-order valence-electron chi connectivity index (χ4n) is 1.71. The smallest absolute Gasteiger partial charge is 0.0927 e. The Balaban J connectivity index is 0.000000265. The molecule has 0 radical (unpaired) electrons. The molecule has 1 saturated carbocycles. The molecule has 2 N–H and O–H groups in total. The van der Waals surface area contributed by atoms with Crippen LogP contribution in [-0.2, 0) is 4.89 Å². The van der Waals surface area contributed by atoms with E-state index < -0.39 is 0 Å². The van der Waals surface area contributed by atoms with Crippen LogP contribution in [0.1, 0.15) is 64.7 Å². The second kappa shape index (κ2) is 12.0. The minimum Gasteiger partial charge on any atom is -0.396 e. The maximum atomic E-state index is 8.29. The van der Waals surface area contributed by atoms with Gasteiger partial charge in [0, 0.05) is 6.61 Å². The second-order valence-electron chi connectivity index (χ2n) is 4.15. The first-order chi connectivity index (χ1) is 7.35. The van der Waals surface area contributed by atoms with Gasteiger partial charge in [-0.2, -0.15) is 0 Å². The summed E-state index contributed by atoms with van der Waals surface area (Å²) in [5.41, 5.74) is 0. The highest BCUT2D eigenvalue weighted by Crippen LogP contribution is 2.18. The topological polar surface area (TPSA) is 49.7 Å². The Morgan fingerprint density at radius 1 is 1.07 bits per heavy atom. The highest BCUT2D eigenvalue weighted by molar-refractivity contribution is 4.62. The van der Waals surface area contributed by atoms with Crippen LogP contribution in [0.5, 0.6) is 0 Å². The van der Waals surface area contributed by atoms with Crippen molar-refractivity contribution in [3.63, 3.8) is 0 Å². The number of aliphatic hydroxyl groups excluding tert-OH is 1. The molecule has 92 valence electrons. The van der Waals surface area contributed by atoms with E-state index in [9.17, 15) is 0 Å². The van der Waals surface area contributed by atoms with Gasteiger partial charge in [-0.05, 0) is 19.3 Å². The molecule has 15 heavy (non-hydrogen) atoms. The number of aliphatic hydroxyl groups is 1. The Bertz CT molecular complexity index is 107. The van der Waals surface area contributed by atoms with Crippen LogP contribution in [0.2, 0.25) is 0 Å². The zero-order chi connectivity index (χ0) is 11.4. The van der Waals surface area contributed by atoms with Crippen LogP contribution < -0.4 is 0 Å². The van der Waals surface area contributed by atoms with Crippen LogP contribution >= 0.6 is 0 Å². The van der Waals surface area contributed by atoms with Gasteiger partial charge in [-0.15, -0.1) is 0 Å². The molecule has 0 aliphatic heterocycles. The molecule has 1 rings (SSSR count). The van der Waals surface area contributed by atoms with E-state index in [-0.39, 0.29) is 6.10 Å². The van der Waals surface area contributed by atoms with Crippen LogP contribution in [-0.4, -0.2) is 23.1 Å². The molecular formula is C12H26O3. The molecule has 0 heterocycles. The second-order valence-corrected chi connectivity index (χ2v) is 4.15. The molecule has 0 amide bonds. The Morgan fingerprint density at radius 3 is 2.13 bits per heavy atom. The number of hydrogen-bond donors (Lipinski definition) is 2. The van der Waals surface area contributed by atoms with E-state index in [1.807, 2.05) is 0 Å². The average Bonchev–Trinajstić information content (AvgIpc) is 2.32. The molecule has 0 saturated heterocycles. The largest absolute Gasteiger partial charge is 0.396 e. The molecule has 0 unspecified atom stereocenters. The van der Waals surface area contributed by atoms with E-state index in [1.54, 1.807) is 0 Å². The van der Waals surface area contributed by atoms with E-state index in [0.717, 1.165) is 19.3 Å². The minimum atomic E-state index is 0.142. The first-order valence-corrected chi connectivity index (χ1v) is 6.26. The summed E-state index contributed by atoms with van der Waals surface area (Å²) in [7, 11) is 0. The lowest BCUT2D eigenvalue weighted by Crippen LogP contribution is -2.14.